The number of hydroxylamine groups is 1. The van der Waals surface area contributed by atoms with Crippen molar-refractivity contribution in [3.05, 3.63) is 69.7 Å². The Hall–Kier alpha value is -2.22. The monoisotopic (exact) mass is 458 g/mol. The summed E-state index contributed by atoms with van der Waals surface area (Å²) in [4.78, 5) is 17.0. The first kappa shape index (κ1) is 22.5. The van der Waals surface area contributed by atoms with E-state index in [1.165, 1.54) is 6.07 Å². The van der Waals surface area contributed by atoms with Crippen molar-refractivity contribution in [1.82, 2.24) is 5.48 Å². The SMILES string of the molecule is CCCCC(=O)Nc1cccc(C2=CC(c3cc(Cl)cc(Cl)c3)(C(F)(F)F)ON2)c1. The first-order valence-electron chi connectivity index (χ1n) is 9.25. The van der Waals surface area contributed by atoms with E-state index in [9.17, 15) is 18.0 Å². The maximum absolute atomic E-state index is 14.1. The number of carbonyl (C=O) groups excluding carboxylic acids is 1. The second-order valence-electron chi connectivity index (χ2n) is 6.89. The van der Waals surface area contributed by atoms with Gasteiger partial charge in [-0.3, -0.25) is 15.1 Å². The Morgan fingerprint density at radius 3 is 2.50 bits per heavy atom. The molecule has 1 aliphatic rings. The van der Waals surface area contributed by atoms with Crippen LogP contribution in [-0.4, -0.2) is 12.1 Å². The number of hydrogen-bond acceptors (Lipinski definition) is 3. The largest absolute Gasteiger partial charge is 0.428 e. The average Bonchev–Trinajstić information content (AvgIpc) is 3.13. The fraction of sp³-hybridized carbons (Fsp3) is 0.286. The van der Waals surface area contributed by atoms with Crippen LogP contribution in [0.3, 0.4) is 0 Å². The number of anilines is 1. The van der Waals surface area contributed by atoms with E-state index in [1.54, 1.807) is 24.3 Å². The number of benzene rings is 2. The molecule has 0 fully saturated rings. The molecule has 30 heavy (non-hydrogen) atoms. The van der Waals surface area contributed by atoms with E-state index >= 15 is 0 Å². The van der Waals surface area contributed by atoms with Crippen LogP contribution in [0.15, 0.2) is 48.5 Å². The fourth-order valence-electron chi connectivity index (χ4n) is 3.08. The Morgan fingerprint density at radius 2 is 1.87 bits per heavy atom. The van der Waals surface area contributed by atoms with Gasteiger partial charge in [-0.1, -0.05) is 48.7 Å². The Labute approximate surface area is 182 Å². The molecule has 0 saturated carbocycles. The highest BCUT2D eigenvalue weighted by Crippen LogP contribution is 2.48. The number of nitrogens with one attached hydrogen (secondary N) is 2. The van der Waals surface area contributed by atoms with E-state index in [0.717, 1.165) is 31.1 Å². The quantitative estimate of drug-likeness (QED) is 0.522. The van der Waals surface area contributed by atoms with Crippen molar-refractivity contribution >= 4 is 40.5 Å². The summed E-state index contributed by atoms with van der Waals surface area (Å²) in [6.07, 6.45) is -1.84. The van der Waals surface area contributed by atoms with Crippen molar-refractivity contribution in [3.8, 4) is 0 Å². The smallest absolute Gasteiger partial charge is 0.326 e. The second kappa shape index (κ2) is 8.88. The molecule has 0 bridgehead atoms. The van der Waals surface area contributed by atoms with Crippen molar-refractivity contribution in [2.45, 2.75) is 38.0 Å². The highest BCUT2D eigenvalue weighted by Gasteiger charge is 2.59. The van der Waals surface area contributed by atoms with Gasteiger partial charge in [-0.05, 0) is 42.8 Å². The van der Waals surface area contributed by atoms with Gasteiger partial charge in [0.15, 0.2) is 0 Å². The van der Waals surface area contributed by atoms with Crippen LogP contribution < -0.4 is 10.8 Å². The molecule has 0 saturated heterocycles. The molecule has 2 aromatic carbocycles. The summed E-state index contributed by atoms with van der Waals surface area (Å²) in [7, 11) is 0. The Bertz CT molecular complexity index is 959. The number of halogens is 5. The van der Waals surface area contributed by atoms with E-state index in [4.69, 9.17) is 28.0 Å². The summed E-state index contributed by atoms with van der Waals surface area (Å²) in [6.45, 7) is 1.98. The van der Waals surface area contributed by atoms with E-state index in [0.29, 0.717) is 17.7 Å². The van der Waals surface area contributed by atoms with Crippen molar-refractivity contribution in [2.75, 3.05) is 5.32 Å². The average molecular weight is 459 g/mol. The highest BCUT2D eigenvalue weighted by molar-refractivity contribution is 6.34. The lowest BCUT2D eigenvalue weighted by molar-refractivity contribution is -0.269. The Balaban J connectivity index is 1.96. The Kier molecular flexibility index (Phi) is 6.65. The highest BCUT2D eigenvalue weighted by atomic mass is 35.5. The van der Waals surface area contributed by atoms with Crippen molar-refractivity contribution in [2.24, 2.45) is 0 Å². The molecule has 160 valence electrons. The number of rotatable bonds is 6. The van der Waals surface area contributed by atoms with Gasteiger partial charge in [0.2, 0.25) is 11.5 Å². The third-order valence-electron chi connectivity index (χ3n) is 4.60. The topological polar surface area (TPSA) is 50.4 Å². The summed E-state index contributed by atoms with van der Waals surface area (Å²) >= 11 is 11.8. The summed E-state index contributed by atoms with van der Waals surface area (Å²) in [5, 5.41) is 2.86. The molecular formula is C21H19Cl2F3N2O2. The van der Waals surface area contributed by atoms with E-state index in [2.05, 4.69) is 10.8 Å². The van der Waals surface area contributed by atoms with Gasteiger partial charge in [-0.2, -0.15) is 13.2 Å². The van der Waals surface area contributed by atoms with Gasteiger partial charge in [-0.15, -0.1) is 0 Å². The zero-order valence-corrected chi connectivity index (χ0v) is 17.5. The lowest BCUT2D eigenvalue weighted by atomic mass is 9.91. The maximum Gasteiger partial charge on any atom is 0.428 e. The van der Waals surface area contributed by atoms with E-state index in [1.807, 2.05) is 6.92 Å². The molecule has 1 heterocycles. The van der Waals surface area contributed by atoms with Gasteiger partial charge in [0.25, 0.3) is 0 Å². The van der Waals surface area contributed by atoms with Crippen LogP contribution in [0, 0.1) is 0 Å². The maximum atomic E-state index is 14.1. The molecule has 1 atom stereocenters. The first-order valence-corrected chi connectivity index (χ1v) is 10.0. The minimum atomic E-state index is -4.79. The van der Waals surface area contributed by atoms with Gasteiger partial charge < -0.3 is 5.32 Å². The molecule has 0 radical (unpaired) electrons. The van der Waals surface area contributed by atoms with Crippen LogP contribution in [0.25, 0.3) is 5.70 Å². The van der Waals surface area contributed by atoms with Crippen LogP contribution in [0.2, 0.25) is 10.0 Å². The third-order valence-corrected chi connectivity index (χ3v) is 5.03. The van der Waals surface area contributed by atoms with Crippen LogP contribution in [0.5, 0.6) is 0 Å². The fourth-order valence-corrected chi connectivity index (χ4v) is 3.61. The van der Waals surface area contributed by atoms with Crippen LogP contribution in [0.4, 0.5) is 18.9 Å². The van der Waals surface area contributed by atoms with Crippen LogP contribution in [0.1, 0.15) is 37.3 Å². The van der Waals surface area contributed by atoms with Crippen molar-refractivity contribution in [1.29, 1.82) is 0 Å². The number of amides is 1. The number of unbranched alkanes of at least 4 members (excludes halogenated alkanes) is 1. The molecule has 0 aromatic heterocycles. The number of alkyl halides is 3. The predicted molar refractivity (Wildman–Crippen MR) is 111 cm³/mol. The minimum Gasteiger partial charge on any atom is -0.326 e. The summed E-state index contributed by atoms with van der Waals surface area (Å²) in [5.74, 6) is -0.156. The van der Waals surface area contributed by atoms with Crippen LogP contribution in [-0.2, 0) is 15.2 Å². The molecule has 0 spiro atoms. The molecule has 3 rings (SSSR count). The molecule has 2 aromatic rings. The minimum absolute atomic E-state index is 0.0587. The van der Waals surface area contributed by atoms with E-state index < -0.39 is 11.8 Å². The molecule has 4 nitrogen and oxygen atoms in total. The van der Waals surface area contributed by atoms with Gasteiger partial charge in [0.05, 0.1) is 5.70 Å². The van der Waals surface area contributed by atoms with E-state index in [-0.39, 0.29) is 27.2 Å². The molecule has 1 unspecified atom stereocenters. The summed E-state index contributed by atoms with van der Waals surface area (Å²) < 4.78 is 42.2. The molecule has 1 amide bonds. The molecule has 9 heteroatoms. The lowest BCUT2D eigenvalue weighted by Crippen LogP contribution is -2.42. The standard InChI is InChI=1S/C21H19Cl2F3N2O2/c1-2-3-7-19(29)27-17-6-4-5-13(8-17)18-12-20(30-28-18,21(24,25)26)14-9-15(22)11-16(23)10-14/h4-6,8-12,28H,2-3,7H2,1H3,(H,27,29). The predicted octanol–water partition coefficient (Wildman–Crippen LogP) is 6.46. The van der Waals surface area contributed by atoms with Crippen molar-refractivity contribution in [3.63, 3.8) is 0 Å². The van der Waals surface area contributed by atoms with Gasteiger partial charge >= 0.3 is 6.18 Å². The number of carbonyl (C=O) groups is 1. The first-order chi connectivity index (χ1) is 14.1. The zero-order chi connectivity index (χ0) is 21.9. The van der Waals surface area contributed by atoms with Gasteiger partial charge in [0, 0.05) is 33.3 Å². The molecule has 0 aliphatic carbocycles. The second-order valence-corrected chi connectivity index (χ2v) is 7.76. The Morgan fingerprint density at radius 1 is 1.17 bits per heavy atom. The molecule has 2 N–H and O–H groups in total. The summed E-state index contributed by atoms with van der Waals surface area (Å²) in [5.41, 5.74) is 0.349. The van der Waals surface area contributed by atoms with Crippen molar-refractivity contribution < 1.29 is 22.8 Å². The molecular weight excluding hydrogens is 440 g/mol. The summed E-state index contributed by atoms with van der Waals surface area (Å²) in [6, 6.07) is 10.1. The normalized spacial score (nSPS) is 18.7. The van der Waals surface area contributed by atoms with Gasteiger partial charge in [-0.25, -0.2) is 0 Å². The van der Waals surface area contributed by atoms with Gasteiger partial charge in [0.1, 0.15) is 0 Å². The third kappa shape index (κ3) is 4.74. The lowest BCUT2D eigenvalue weighted by Gasteiger charge is -2.28. The van der Waals surface area contributed by atoms with Crippen LogP contribution >= 0.6 is 23.2 Å². The number of hydrogen-bond donors (Lipinski definition) is 2. The zero-order valence-electron chi connectivity index (χ0n) is 15.9. The molecule has 1 aliphatic heterocycles.